The highest BCUT2D eigenvalue weighted by Gasteiger charge is 2.14. The predicted molar refractivity (Wildman–Crippen MR) is 75.3 cm³/mol. The molecule has 2 aromatic rings. The van der Waals surface area contributed by atoms with Gasteiger partial charge in [0.25, 0.3) is 5.56 Å². The Morgan fingerprint density at radius 2 is 2.05 bits per heavy atom. The number of hydrogen-bond acceptors (Lipinski definition) is 4. The molecule has 0 amide bonds. The number of aromatic amines is 2. The number of hydrogen-bond donors (Lipinski definition) is 2. The number of rotatable bonds is 5. The van der Waals surface area contributed by atoms with Gasteiger partial charge in [0.2, 0.25) is 0 Å². The molecule has 0 aliphatic carbocycles. The summed E-state index contributed by atoms with van der Waals surface area (Å²) in [6.45, 7) is 3.73. The van der Waals surface area contributed by atoms with E-state index in [-0.39, 0.29) is 10.3 Å². The molecule has 0 radical (unpaired) electrons. The summed E-state index contributed by atoms with van der Waals surface area (Å²) in [5.41, 5.74) is 0.00729. The van der Waals surface area contributed by atoms with Crippen LogP contribution in [0.15, 0.2) is 57.6 Å². The molecule has 1 heterocycles. The van der Waals surface area contributed by atoms with Crippen molar-refractivity contribution >= 4 is 11.8 Å². The van der Waals surface area contributed by atoms with Crippen LogP contribution in [0.1, 0.15) is 17.2 Å². The van der Waals surface area contributed by atoms with Gasteiger partial charge in [0.05, 0.1) is 0 Å². The number of allylic oxidation sites excluding steroid dienone is 1. The molecule has 0 fully saturated rings. The van der Waals surface area contributed by atoms with E-state index in [2.05, 4.69) is 21.8 Å². The molecule has 0 spiro atoms. The lowest BCUT2D eigenvalue weighted by Gasteiger charge is -2.13. The normalized spacial score (nSPS) is 12.0. The lowest BCUT2D eigenvalue weighted by molar-refractivity contribution is 0.801. The fourth-order valence-electron chi connectivity index (χ4n) is 1.62. The molecule has 1 atom stereocenters. The maximum absolute atomic E-state index is 11.6. The van der Waals surface area contributed by atoms with Crippen molar-refractivity contribution in [1.82, 2.24) is 15.2 Å². The van der Waals surface area contributed by atoms with Crippen LogP contribution in [0, 0.1) is 0 Å². The largest absolute Gasteiger partial charge is 0.342 e. The van der Waals surface area contributed by atoms with Crippen LogP contribution in [-0.4, -0.2) is 15.2 Å². The van der Waals surface area contributed by atoms with Crippen molar-refractivity contribution in [2.45, 2.75) is 16.7 Å². The summed E-state index contributed by atoms with van der Waals surface area (Å²) in [7, 11) is 0. The summed E-state index contributed by atoms with van der Waals surface area (Å²) < 4.78 is 0. The first-order chi connectivity index (χ1) is 9.20. The van der Waals surface area contributed by atoms with E-state index in [9.17, 15) is 9.59 Å². The minimum atomic E-state index is -0.602. The first-order valence-corrected chi connectivity index (χ1v) is 6.60. The van der Waals surface area contributed by atoms with Gasteiger partial charge in [0, 0.05) is 5.25 Å². The third kappa shape index (κ3) is 3.45. The third-order valence-electron chi connectivity index (χ3n) is 2.49. The Morgan fingerprint density at radius 1 is 1.32 bits per heavy atom. The van der Waals surface area contributed by atoms with Gasteiger partial charge in [-0.2, -0.15) is 5.10 Å². The molecule has 2 N–H and O–H groups in total. The van der Waals surface area contributed by atoms with Crippen LogP contribution in [0.5, 0.6) is 0 Å². The number of nitrogens with one attached hydrogen (secondary N) is 2. The molecular formula is C13H13N3O2S. The standard InChI is InChI=1S/C13H13N3O2S/c1-2-6-10(9-7-4-3-5-8-9)19-12-11(17)14-13(18)16-15-12/h2-5,7-8,10H,1,6H2,(H2,14,16,17,18). The van der Waals surface area contributed by atoms with Crippen LogP contribution >= 0.6 is 11.8 Å². The monoisotopic (exact) mass is 275 g/mol. The zero-order chi connectivity index (χ0) is 13.7. The van der Waals surface area contributed by atoms with Crippen LogP contribution in [-0.2, 0) is 0 Å². The zero-order valence-electron chi connectivity index (χ0n) is 10.1. The van der Waals surface area contributed by atoms with Gasteiger partial charge in [-0.05, 0) is 12.0 Å². The van der Waals surface area contributed by atoms with Crippen molar-refractivity contribution < 1.29 is 0 Å². The number of benzene rings is 1. The van der Waals surface area contributed by atoms with Crippen LogP contribution in [0.25, 0.3) is 0 Å². The average molecular weight is 275 g/mol. The molecule has 98 valence electrons. The van der Waals surface area contributed by atoms with Crippen LogP contribution < -0.4 is 11.2 Å². The van der Waals surface area contributed by atoms with Crippen LogP contribution in [0.4, 0.5) is 0 Å². The molecule has 5 nitrogen and oxygen atoms in total. The van der Waals surface area contributed by atoms with Crippen molar-refractivity contribution in [2.24, 2.45) is 0 Å². The second-order valence-electron chi connectivity index (χ2n) is 3.85. The molecule has 2 rings (SSSR count). The molecule has 1 unspecified atom stereocenters. The van der Waals surface area contributed by atoms with Gasteiger partial charge in [-0.3, -0.25) is 9.78 Å². The summed E-state index contributed by atoms with van der Waals surface area (Å²) in [4.78, 5) is 24.7. The maximum atomic E-state index is 11.6. The van der Waals surface area contributed by atoms with Gasteiger partial charge in [-0.1, -0.05) is 48.2 Å². The second-order valence-corrected chi connectivity index (χ2v) is 5.04. The van der Waals surface area contributed by atoms with Gasteiger partial charge >= 0.3 is 5.69 Å². The number of thioether (sulfide) groups is 1. The first kappa shape index (κ1) is 13.4. The summed E-state index contributed by atoms with van der Waals surface area (Å²) in [5, 5.41) is 6.29. The van der Waals surface area contributed by atoms with E-state index in [0.717, 1.165) is 5.56 Å². The van der Waals surface area contributed by atoms with Gasteiger partial charge in [0.15, 0.2) is 5.03 Å². The van der Waals surface area contributed by atoms with Gasteiger partial charge in [-0.15, -0.1) is 6.58 Å². The van der Waals surface area contributed by atoms with E-state index in [1.807, 2.05) is 30.3 Å². The lowest BCUT2D eigenvalue weighted by atomic mass is 10.1. The van der Waals surface area contributed by atoms with E-state index in [4.69, 9.17) is 0 Å². The zero-order valence-corrected chi connectivity index (χ0v) is 10.9. The quantitative estimate of drug-likeness (QED) is 0.645. The average Bonchev–Trinajstić information content (AvgIpc) is 2.42. The molecule has 0 saturated heterocycles. The summed E-state index contributed by atoms with van der Waals surface area (Å²) in [5.74, 6) is 0. The topological polar surface area (TPSA) is 78.6 Å². The second kappa shape index (κ2) is 6.19. The predicted octanol–water partition coefficient (Wildman–Crippen LogP) is 1.87. The molecule has 1 aromatic carbocycles. The Hall–Kier alpha value is -2.08. The number of H-pyrrole nitrogens is 2. The molecular weight excluding hydrogens is 262 g/mol. The Morgan fingerprint density at radius 3 is 2.68 bits per heavy atom. The first-order valence-electron chi connectivity index (χ1n) is 5.72. The highest BCUT2D eigenvalue weighted by Crippen LogP contribution is 2.35. The highest BCUT2D eigenvalue weighted by molar-refractivity contribution is 7.99. The highest BCUT2D eigenvalue weighted by atomic mass is 32.2. The third-order valence-corrected chi connectivity index (χ3v) is 3.74. The fraction of sp³-hybridized carbons (Fsp3) is 0.154. The smallest absolute Gasteiger partial charge is 0.271 e. The van der Waals surface area contributed by atoms with E-state index >= 15 is 0 Å². The lowest BCUT2D eigenvalue weighted by Crippen LogP contribution is -2.25. The fourth-order valence-corrected chi connectivity index (χ4v) is 2.67. The van der Waals surface area contributed by atoms with Crippen molar-refractivity contribution in [3.8, 4) is 0 Å². The van der Waals surface area contributed by atoms with Gasteiger partial charge in [-0.25, -0.2) is 9.89 Å². The van der Waals surface area contributed by atoms with E-state index < -0.39 is 11.2 Å². The Balaban J connectivity index is 2.29. The minimum absolute atomic E-state index is 0.0400. The Kier molecular flexibility index (Phi) is 4.35. The van der Waals surface area contributed by atoms with Crippen molar-refractivity contribution in [1.29, 1.82) is 0 Å². The van der Waals surface area contributed by atoms with E-state index in [1.165, 1.54) is 11.8 Å². The SMILES string of the molecule is C=CCC(Sc1n[nH]c(=O)[nH]c1=O)c1ccccc1. The van der Waals surface area contributed by atoms with Crippen molar-refractivity contribution in [3.05, 3.63) is 69.4 Å². The number of aromatic nitrogens is 3. The molecule has 0 bridgehead atoms. The van der Waals surface area contributed by atoms with E-state index in [0.29, 0.717) is 6.42 Å². The Bertz CT molecular complexity index is 663. The summed E-state index contributed by atoms with van der Waals surface area (Å²) in [6.07, 6.45) is 2.50. The van der Waals surface area contributed by atoms with Crippen molar-refractivity contribution in [2.75, 3.05) is 0 Å². The van der Waals surface area contributed by atoms with E-state index in [1.54, 1.807) is 6.08 Å². The molecule has 0 aliphatic heterocycles. The van der Waals surface area contributed by atoms with Crippen LogP contribution in [0.3, 0.4) is 0 Å². The molecule has 6 heteroatoms. The maximum Gasteiger partial charge on any atom is 0.342 e. The molecule has 1 aromatic heterocycles. The summed E-state index contributed by atoms with van der Waals surface area (Å²) in [6, 6.07) is 9.79. The molecule has 0 saturated carbocycles. The van der Waals surface area contributed by atoms with Gasteiger partial charge < -0.3 is 0 Å². The number of nitrogens with zero attached hydrogens (tertiary/aromatic N) is 1. The molecule has 0 aliphatic rings. The molecule has 19 heavy (non-hydrogen) atoms. The minimum Gasteiger partial charge on any atom is -0.271 e. The Labute approximate surface area is 113 Å². The van der Waals surface area contributed by atoms with Gasteiger partial charge in [0.1, 0.15) is 0 Å². The summed E-state index contributed by atoms with van der Waals surface area (Å²) >= 11 is 1.31. The van der Waals surface area contributed by atoms with Crippen molar-refractivity contribution in [3.63, 3.8) is 0 Å². The van der Waals surface area contributed by atoms with Crippen LogP contribution in [0.2, 0.25) is 0 Å².